The molecule has 0 aromatic rings. The number of aliphatic hydroxyl groups excluding tert-OH is 1. The third kappa shape index (κ3) is 3.32. The molecule has 0 spiro atoms. The molecule has 1 aliphatic carbocycles. The fourth-order valence-electron chi connectivity index (χ4n) is 1.65. The molecule has 76 valence electrons. The maximum atomic E-state index is 11.2. The lowest BCUT2D eigenvalue weighted by Gasteiger charge is -2.23. The van der Waals surface area contributed by atoms with Gasteiger partial charge >= 0.3 is 0 Å². The predicted molar refractivity (Wildman–Crippen MR) is 50.1 cm³/mol. The molecular weight excluding hydrogens is 168 g/mol. The van der Waals surface area contributed by atoms with Crippen molar-refractivity contribution in [2.45, 2.75) is 44.2 Å². The average Bonchev–Trinajstić information content (AvgIpc) is 2.18. The second-order valence-electron chi connectivity index (χ2n) is 3.60. The highest BCUT2D eigenvalue weighted by Gasteiger charge is 2.19. The van der Waals surface area contributed by atoms with Crippen molar-refractivity contribution in [2.75, 3.05) is 6.54 Å². The highest BCUT2D eigenvalue weighted by atomic mass is 16.3. The van der Waals surface area contributed by atoms with Crippen molar-refractivity contribution in [3.8, 4) is 0 Å². The number of amides is 1. The topological polar surface area (TPSA) is 75.3 Å². The fraction of sp³-hybridized carbons (Fsp3) is 0.889. The van der Waals surface area contributed by atoms with Crippen LogP contribution in [0, 0.1) is 0 Å². The smallest absolute Gasteiger partial charge is 0.250 e. The van der Waals surface area contributed by atoms with Crippen LogP contribution in [0.15, 0.2) is 0 Å². The first-order valence-electron chi connectivity index (χ1n) is 4.92. The first-order chi connectivity index (χ1) is 6.24. The molecule has 4 nitrogen and oxygen atoms in total. The van der Waals surface area contributed by atoms with Crippen LogP contribution in [0.4, 0.5) is 0 Å². The number of nitrogens with two attached hydrogens (primary N) is 1. The Labute approximate surface area is 78.5 Å². The summed E-state index contributed by atoms with van der Waals surface area (Å²) >= 11 is 0. The molecule has 0 saturated heterocycles. The van der Waals surface area contributed by atoms with Gasteiger partial charge in [-0.2, -0.15) is 0 Å². The van der Waals surface area contributed by atoms with E-state index in [0.717, 1.165) is 12.8 Å². The molecule has 1 unspecified atom stereocenters. The van der Waals surface area contributed by atoms with Crippen molar-refractivity contribution in [2.24, 2.45) is 5.73 Å². The maximum Gasteiger partial charge on any atom is 0.250 e. The molecule has 0 bridgehead atoms. The molecule has 0 aromatic carbocycles. The Morgan fingerprint density at radius 2 is 2.08 bits per heavy atom. The van der Waals surface area contributed by atoms with Gasteiger partial charge in [0.1, 0.15) is 6.10 Å². The minimum atomic E-state index is -1.04. The number of rotatable bonds is 3. The minimum Gasteiger partial charge on any atom is -0.382 e. The van der Waals surface area contributed by atoms with E-state index in [4.69, 9.17) is 10.8 Å². The van der Waals surface area contributed by atoms with E-state index in [-0.39, 0.29) is 18.5 Å². The van der Waals surface area contributed by atoms with Crippen LogP contribution in [0.2, 0.25) is 0 Å². The van der Waals surface area contributed by atoms with Crippen LogP contribution in [0.1, 0.15) is 32.1 Å². The van der Waals surface area contributed by atoms with Crippen LogP contribution in [0.25, 0.3) is 0 Å². The number of hydrogen-bond acceptors (Lipinski definition) is 3. The SMILES string of the molecule is NCC(O)C(=O)NC1CCCCC1. The first kappa shape index (κ1) is 10.5. The van der Waals surface area contributed by atoms with Crippen molar-refractivity contribution in [3.63, 3.8) is 0 Å². The minimum absolute atomic E-state index is 0.00144. The third-order valence-electron chi connectivity index (χ3n) is 2.48. The Morgan fingerprint density at radius 1 is 1.46 bits per heavy atom. The van der Waals surface area contributed by atoms with Crippen LogP contribution in [0.5, 0.6) is 0 Å². The van der Waals surface area contributed by atoms with Crippen LogP contribution in [-0.2, 0) is 4.79 Å². The summed E-state index contributed by atoms with van der Waals surface area (Å²) in [6.45, 7) is -0.00144. The highest BCUT2D eigenvalue weighted by molar-refractivity contribution is 5.80. The Kier molecular flexibility index (Phi) is 4.18. The summed E-state index contributed by atoms with van der Waals surface area (Å²) in [5.41, 5.74) is 5.17. The molecule has 1 atom stereocenters. The van der Waals surface area contributed by atoms with E-state index >= 15 is 0 Å². The van der Waals surface area contributed by atoms with E-state index in [1.54, 1.807) is 0 Å². The molecular formula is C9H18N2O2. The summed E-state index contributed by atoms with van der Waals surface area (Å²) in [5.74, 6) is -0.325. The Bertz CT molecular complexity index is 167. The van der Waals surface area contributed by atoms with Gasteiger partial charge in [-0.1, -0.05) is 19.3 Å². The molecule has 1 fully saturated rings. The largest absolute Gasteiger partial charge is 0.382 e. The van der Waals surface area contributed by atoms with Gasteiger partial charge in [0, 0.05) is 12.6 Å². The highest BCUT2D eigenvalue weighted by Crippen LogP contribution is 2.17. The summed E-state index contributed by atoms with van der Waals surface area (Å²) in [7, 11) is 0. The van der Waals surface area contributed by atoms with Gasteiger partial charge in [-0.3, -0.25) is 4.79 Å². The van der Waals surface area contributed by atoms with Crippen LogP contribution < -0.4 is 11.1 Å². The molecule has 4 heteroatoms. The molecule has 1 saturated carbocycles. The van der Waals surface area contributed by atoms with Crippen molar-refractivity contribution in [1.82, 2.24) is 5.32 Å². The molecule has 1 rings (SSSR count). The number of hydrogen-bond donors (Lipinski definition) is 3. The van der Waals surface area contributed by atoms with Gasteiger partial charge in [0.2, 0.25) is 5.91 Å². The average molecular weight is 186 g/mol. The number of carbonyl (C=O) groups is 1. The Morgan fingerprint density at radius 3 is 2.62 bits per heavy atom. The van der Waals surface area contributed by atoms with Gasteiger partial charge in [-0.25, -0.2) is 0 Å². The van der Waals surface area contributed by atoms with Gasteiger partial charge < -0.3 is 16.2 Å². The normalized spacial score (nSPS) is 21.1. The van der Waals surface area contributed by atoms with Gasteiger partial charge in [0.05, 0.1) is 0 Å². The van der Waals surface area contributed by atoms with Crippen LogP contribution in [0.3, 0.4) is 0 Å². The van der Waals surface area contributed by atoms with Crippen molar-refractivity contribution in [3.05, 3.63) is 0 Å². The third-order valence-corrected chi connectivity index (χ3v) is 2.48. The Hall–Kier alpha value is -0.610. The molecule has 13 heavy (non-hydrogen) atoms. The van der Waals surface area contributed by atoms with Gasteiger partial charge in [-0.15, -0.1) is 0 Å². The van der Waals surface area contributed by atoms with E-state index in [2.05, 4.69) is 5.32 Å². The molecule has 0 aromatic heterocycles. The zero-order chi connectivity index (χ0) is 9.68. The zero-order valence-corrected chi connectivity index (χ0v) is 7.83. The maximum absolute atomic E-state index is 11.2. The Balaban J connectivity index is 2.26. The van der Waals surface area contributed by atoms with Crippen molar-refractivity contribution in [1.29, 1.82) is 0 Å². The second kappa shape index (κ2) is 5.19. The quantitative estimate of drug-likeness (QED) is 0.569. The summed E-state index contributed by atoms with van der Waals surface area (Å²) in [4.78, 5) is 11.2. The lowest BCUT2D eigenvalue weighted by atomic mass is 9.95. The van der Waals surface area contributed by atoms with E-state index < -0.39 is 6.10 Å². The molecule has 0 aliphatic heterocycles. The van der Waals surface area contributed by atoms with E-state index in [0.29, 0.717) is 0 Å². The number of carbonyl (C=O) groups excluding carboxylic acids is 1. The number of nitrogens with one attached hydrogen (secondary N) is 1. The van der Waals surface area contributed by atoms with Crippen molar-refractivity contribution < 1.29 is 9.90 Å². The van der Waals surface area contributed by atoms with Gasteiger partial charge in [0.15, 0.2) is 0 Å². The van der Waals surface area contributed by atoms with E-state index in [1.165, 1.54) is 19.3 Å². The van der Waals surface area contributed by atoms with E-state index in [9.17, 15) is 4.79 Å². The summed E-state index contributed by atoms with van der Waals surface area (Å²) < 4.78 is 0. The molecule has 1 aliphatic rings. The lowest BCUT2D eigenvalue weighted by molar-refractivity contribution is -0.129. The van der Waals surface area contributed by atoms with Crippen LogP contribution in [-0.4, -0.2) is 29.7 Å². The standard InChI is InChI=1S/C9H18N2O2/c10-6-8(12)9(13)11-7-4-2-1-3-5-7/h7-8,12H,1-6,10H2,(H,11,13). The summed E-state index contributed by atoms with van der Waals surface area (Å²) in [5, 5.41) is 11.9. The molecule has 4 N–H and O–H groups in total. The predicted octanol–water partition coefficient (Wildman–Crippen LogP) is -0.245. The molecule has 0 heterocycles. The summed E-state index contributed by atoms with van der Waals surface area (Å²) in [6, 6.07) is 0.252. The van der Waals surface area contributed by atoms with Gasteiger partial charge in [0.25, 0.3) is 0 Å². The fourth-order valence-corrected chi connectivity index (χ4v) is 1.65. The second-order valence-corrected chi connectivity index (χ2v) is 3.60. The van der Waals surface area contributed by atoms with Gasteiger partial charge in [-0.05, 0) is 12.8 Å². The zero-order valence-electron chi connectivity index (χ0n) is 7.83. The monoisotopic (exact) mass is 186 g/mol. The lowest BCUT2D eigenvalue weighted by Crippen LogP contribution is -2.44. The van der Waals surface area contributed by atoms with E-state index in [1.807, 2.05) is 0 Å². The van der Waals surface area contributed by atoms with Crippen molar-refractivity contribution >= 4 is 5.91 Å². The molecule has 0 radical (unpaired) electrons. The van der Waals surface area contributed by atoms with Crippen LogP contribution >= 0.6 is 0 Å². The number of aliphatic hydroxyl groups is 1. The molecule has 1 amide bonds. The first-order valence-corrected chi connectivity index (χ1v) is 4.92. The summed E-state index contributed by atoms with van der Waals surface area (Å²) in [6.07, 6.45) is 4.62.